The van der Waals surface area contributed by atoms with Gasteiger partial charge in [0, 0.05) is 12.7 Å². The Kier molecular flexibility index (Phi) is 8.25. The van der Waals surface area contributed by atoms with Crippen molar-refractivity contribution in [3.63, 3.8) is 0 Å². The normalized spacial score (nSPS) is 10.2. The average molecular weight is 374 g/mol. The zero-order chi connectivity index (χ0) is 19.5. The van der Waals surface area contributed by atoms with Crippen molar-refractivity contribution in [1.82, 2.24) is 0 Å². The van der Waals surface area contributed by atoms with Crippen LogP contribution < -0.4 is 24.8 Å². The highest BCUT2D eigenvalue weighted by Gasteiger charge is 2.10. The number of rotatable bonds is 11. The van der Waals surface area contributed by atoms with Gasteiger partial charge < -0.3 is 29.6 Å². The van der Waals surface area contributed by atoms with E-state index >= 15 is 0 Å². The first-order valence-electron chi connectivity index (χ1n) is 8.73. The third kappa shape index (κ3) is 6.38. The molecule has 146 valence electrons. The third-order valence-electron chi connectivity index (χ3n) is 3.70. The molecule has 0 aliphatic carbocycles. The smallest absolute Gasteiger partial charge is 0.243 e. The van der Waals surface area contributed by atoms with Gasteiger partial charge in [-0.1, -0.05) is 12.1 Å². The van der Waals surface area contributed by atoms with Gasteiger partial charge in [0.25, 0.3) is 0 Å². The summed E-state index contributed by atoms with van der Waals surface area (Å²) in [5.74, 6) is 1.64. The maximum absolute atomic E-state index is 12.3. The molecule has 0 atom stereocenters. The van der Waals surface area contributed by atoms with Crippen molar-refractivity contribution in [2.45, 2.75) is 6.92 Å². The highest BCUT2D eigenvalue weighted by Crippen LogP contribution is 2.29. The summed E-state index contributed by atoms with van der Waals surface area (Å²) in [5, 5.41) is 5.91. The molecule has 0 radical (unpaired) electrons. The first-order chi connectivity index (χ1) is 13.2. The van der Waals surface area contributed by atoms with E-state index in [4.69, 9.17) is 18.9 Å². The van der Waals surface area contributed by atoms with E-state index in [0.29, 0.717) is 42.8 Å². The molecule has 0 aliphatic heterocycles. The molecule has 0 aromatic heterocycles. The van der Waals surface area contributed by atoms with Crippen LogP contribution >= 0.6 is 0 Å². The summed E-state index contributed by atoms with van der Waals surface area (Å²) in [7, 11) is 3.11. The Hall–Kier alpha value is -2.93. The predicted octanol–water partition coefficient (Wildman–Crippen LogP) is 3.17. The maximum atomic E-state index is 12.3. The number of anilines is 2. The maximum Gasteiger partial charge on any atom is 0.243 e. The lowest BCUT2D eigenvalue weighted by Gasteiger charge is -2.14. The number of ether oxygens (including phenoxy) is 4. The van der Waals surface area contributed by atoms with Crippen molar-refractivity contribution in [2.24, 2.45) is 0 Å². The highest BCUT2D eigenvalue weighted by molar-refractivity contribution is 5.95. The molecular weight excluding hydrogens is 348 g/mol. The van der Waals surface area contributed by atoms with Gasteiger partial charge in [-0.3, -0.25) is 4.79 Å². The standard InChI is InChI=1S/C20H26N2O5/c1-4-26-11-12-27-19-8-6-5-7-16(19)21-14-20(23)22-17-13-15(24-2)9-10-18(17)25-3/h5-10,13,21H,4,11-12,14H2,1-3H3,(H,22,23). The number of hydrogen-bond acceptors (Lipinski definition) is 6. The SMILES string of the molecule is CCOCCOc1ccccc1NCC(=O)Nc1cc(OC)ccc1OC. The van der Waals surface area contributed by atoms with Gasteiger partial charge in [0.2, 0.25) is 5.91 Å². The molecule has 7 heteroatoms. The number of para-hydroxylation sites is 2. The summed E-state index contributed by atoms with van der Waals surface area (Å²) >= 11 is 0. The molecule has 2 rings (SSSR count). The molecule has 1 amide bonds. The fourth-order valence-corrected chi connectivity index (χ4v) is 2.38. The predicted molar refractivity (Wildman–Crippen MR) is 105 cm³/mol. The molecule has 2 aromatic carbocycles. The quantitative estimate of drug-likeness (QED) is 0.588. The topological polar surface area (TPSA) is 78.1 Å². The largest absolute Gasteiger partial charge is 0.497 e. The molecule has 7 nitrogen and oxygen atoms in total. The lowest BCUT2D eigenvalue weighted by Crippen LogP contribution is -2.22. The highest BCUT2D eigenvalue weighted by atomic mass is 16.5. The summed E-state index contributed by atoms with van der Waals surface area (Å²) in [6.45, 7) is 3.62. The van der Waals surface area contributed by atoms with Gasteiger partial charge in [0.1, 0.15) is 23.9 Å². The second kappa shape index (κ2) is 10.9. The second-order valence-electron chi connectivity index (χ2n) is 5.51. The lowest BCUT2D eigenvalue weighted by molar-refractivity contribution is -0.114. The molecular formula is C20H26N2O5. The van der Waals surface area contributed by atoms with Crippen molar-refractivity contribution in [2.75, 3.05) is 51.2 Å². The molecule has 0 spiro atoms. The number of benzene rings is 2. The van der Waals surface area contributed by atoms with Gasteiger partial charge in [0.05, 0.1) is 38.7 Å². The van der Waals surface area contributed by atoms with E-state index < -0.39 is 0 Å². The molecule has 2 N–H and O–H groups in total. The van der Waals surface area contributed by atoms with Gasteiger partial charge in [-0.05, 0) is 31.2 Å². The van der Waals surface area contributed by atoms with Crippen molar-refractivity contribution in [3.8, 4) is 17.2 Å². The number of carbonyl (C=O) groups excluding carboxylic acids is 1. The van der Waals surface area contributed by atoms with Gasteiger partial charge in [0.15, 0.2) is 0 Å². The number of amides is 1. The molecule has 0 bridgehead atoms. The van der Waals surface area contributed by atoms with Gasteiger partial charge in [-0.25, -0.2) is 0 Å². The molecule has 0 fully saturated rings. The summed E-state index contributed by atoms with van der Waals surface area (Å²) < 4.78 is 21.4. The molecule has 0 saturated heterocycles. The van der Waals surface area contributed by atoms with Crippen LogP contribution in [-0.2, 0) is 9.53 Å². The molecule has 0 unspecified atom stereocenters. The number of hydrogen-bond donors (Lipinski definition) is 2. The Balaban J connectivity index is 1.94. The van der Waals surface area contributed by atoms with Crippen molar-refractivity contribution < 1.29 is 23.7 Å². The number of nitrogens with one attached hydrogen (secondary N) is 2. The Morgan fingerprint density at radius 1 is 0.963 bits per heavy atom. The minimum absolute atomic E-state index is 0.0756. The fraction of sp³-hybridized carbons (Fsp3) is 0.350. The van der Waals surface area contributed by atoms with Crippen LogP contribution in [0.15, 0.2) is 42.5 Å². The molecule has 27 heavy (non-hydrogen) atoms. The first kappa shape index (κ1) is 20.4. The Bertz CT molecular complexity index is 736. The Morgan fingerprint density at radius 2 is 1.78 bits per heavy atom. The second-order valence-corrected chi connectivity index (χ2v) is 5.51. The van der Waals surface area contributed by atoms with E-state index in [1.807, 2.05) is 31.2 Å². The molecule has 0 heterocycles. The first-order valence-corrected chi connectivity index (χ1v) is 8.73. The van der Waals surface area contributed by atoms with Crippen LogP contribution in [0.3, 0.4) is 0 Å². The fourth-order valence-electron chi connectivity index (χ4n) is 2.38. The van der Waals surface area contributed by atoms with Crippen LogP contribution in [0.25, 0.3) is 0 Å². The summed E-state index contributed by atoms with van der Waals surface area (Å²) in [4.78, 5) is 12.3. The third-order valence-corrected chi connectivity index (χ3v) is 3.70. The van der Waals surface area contributed by atoms with E-state index in [1.54, 1.807) is 32.4 Å². The average Bonchev–Trinajstić information content (AvgIpc) is 2.70. The zero-order valence-corrected chi connectivity index (χ0v) is 15.9. The van der Waals surface area contributed by atoms with Crippen LogP contribution in [0.5, 0.6) is 17.2 Å². The van der Waals surface area contributed by atoms with Gasteiger partial charge in [-0.2, -0.15) is 0 Å². The zero-order valence-electron chi connectivity index (χ0n) is 15.9. The Morgan fingerprint density at radius 3 is 2.52 bits per heavy atom. The molecule has 0 aliphatic rings. The molecule has 0 saturated carbocycles. The summed E-state index contributed by atoms with van der Waals surface area (Å²) in [5.41, 5.74) is 1.28. The van der Waals surface area contributed by atoms with Crippen LogP contribution in [0.1, 0.15) is 6.92 Å². The monoisotopic (exact) mass is 374 g/mol. The van der Waals surface area contributed by atoms with Gasteiger partial charge in [-0.15, -0.1) is 0 Å². The summed E-state index contributed by atoms with van der Waals surface area (Å²) in [6, 6.07) is 12.7. The van der Waals surface area contributed by atoms with Crippen LogP contribution in [0.2, 0.25) is 0 Å². The lowest BCUT2D eigenvalue weighted by atomic mass is 10.2. The van der Waals surface area contributed by atoms with E-state index in [2.05, 4.69) is 10.6 Å². The minimum Gasteiger partial charge on any atom is -0.497 e. The number of methoxy groups -OCH3 is 2. The van der Waals surface area contributed by atoms with E-state index in [-0.39, 0.29) is 12.5 Å². The van der Waals surface area contributed by atoms with E-state index in [9.17, 15) is 4.79 Å². The summed E-state index contributed by atoms with van der Waals surface area (Å²) in [6.07, 6.45) is 0. The number of carbonyl (C=O) groups is 1. The van der Waals surface area contributed by atoms with Crippen LogP contribution in [0.4, 0.5) is 11.4 Å². The van der Waals surface area contributed by atoms with E-state index in [1.165, 1.54) is 0 Å². The minimum atomic E-state index is -0.217. The van der Waals surface area contributed by atoms with Crippen molar-refractivity contribution in [3.05, 3.63) is 42.5 Å². The van der Waals surface area contributed by atoms with Crippen molar-refractivity contribution >= 4 is 17.3 Å². The van der Waals surface area contributed by atoms with Gasteiger partial charge >= 0.3 is 0 Å². The molecule has 2 aromatic rings. The van der Waals surface area contributed by atoms with Crippen molar-refractivity contribution in [1.29, 1.82) is 0 Å². The van der Waals surface area contributed by atoms with Crippen LogP contribution in [0, 0.1) is 0 Å². The van der Waals surface area contributed by atoms with E-state index in [0.717, 1.165) is 5.69 Å². The van der Waals surface area contributed by atoms with Crippen LogP contribution in [-0.4, -0.2) is 46.5 Å². The Labute approximate surface area is 159 Å².